The van der Waals surface area contributed by atoms with Gasteiger partial charge in [0.25, 0.3) is 0 Å². The summed E-state index contributed by atoms with van der Waals surface area (Å²) in [6.07, 6.45) is 4.16. The highest BCUT2D eigenvalue weighted by molar-refractivity contribution is 5.95. The third kappa shape index (κ3) is 1.44. The van der Waals surface area contributed by atoms with Crippen molar-refractivity contribution in [2.75, 3.05) is 5.32 Å². The summed E-state index contributed by atoms with van der Waals surface area (Å²) in [4.78, 5) is 12.3. The van der Waals surface area contributed by atoms with E-state index in [4.69, 9.17) is 0 Å². The van der Waals surface area contributed by atoms with Crippen molar-refractivity contribution in [2.45, 2.75) is 26.2 Å². The number of nitrogens with one attached hydrogen (secondary N) is 1. The van der Waals surface area contributed by atoms with Crippen molar-refractivity contribution in [1.29, 1.82) is 0 Å². The smallest absolute Gasteiger partial charge is 0.228 e. The van der Waals surface area contributed by atoms with E-state index in [9.17, 15) is 4.79 Å². The topological polar surface area (TPSA) is 29.1 Å². The number of hydrogen-bond donors (Lipinski definition) is 1. The molecule has 1 unspecified atom stereocenters. The van der Waals surface area contributed by atoms with Gasteiger partial charge in [-0.3, -0.25) is 4.79 Å². The lowest BCUT2D eigenvalue weighted by Gasteiger charge is -2.09. The van der Waals surface area contributed by atoms with Crippen LogP contribution in [0, 0.1) is 36.5 Å². The Hall–Kier alpha value is -1.31. The van der Waals surface area contributed by atoms with E-state index in [0.29, 0.717) is 5.92 Å². The van der Waals surface area contributed by atoms with Crippen LogP contribution in [0.2, 0.25) is 0 Å². The van der Waals surface area contributed by atoms with Gasteiger partial charge in [-0.25, -0.2) is 0 Å². The number of benzene rings is 1. The van der Waals surface area contributed by atoms with Gasteiger partial charge in [0.15, 0.2) is 0 Å². The van der Waals surface area contributed by atoms with Gasteiger partial charge < -0.3 is 5.32 Å². The molecular weight excluding hydrogens is 222 g/mol. The van der Waals surface area contributed by atoms with E-state index in [-0.39, 0.29) is 5.91 Å². The standard InChI is InChI=1S/C16H19NO/c1-9-2-6-12(7-3-9)17-16(18)15-13-10-4-5-11(8-10)14(13)15/h2-3,6-7,10-11,13-15H,4-5,8H2,1H3,(H,17,18)/t10-,11-,13-,14+,15?/m0/s1. The van der Waals surface area contributed by atoms with Gasteiger partial charge in [-0.15, -0.1) is 0 Å². The van der Waals surface area contributed by atoms with Gasteiger partial charge in [0.05, 0.1) is 0 Å². The molecule has 3 saturated carbocycles. The summed E-state index contributed by atoms with van der Waals surface area (Å²) in [5.41, 5.74) is 2.18. The molecule has 4 rings (SSSR count). The second-order valence-corrected chi connectivity index (χ2v) is 6.37. The zero-order valence-corrected chi connectivity index (χ0v) is 10.7. The number of fused-ring (bicyclic) bond motifs is 5. The Morgan fingerprint density at radius 3 is 2.33 bits per heavy atom. The first kappa shape index (κ1) is 10.6. The summed E-state index contributed by atoms with van der Waals surface area (Å²) in [6, 6.07) is 8.10. The van der Waals surface area contributed by atoms with E-state index < -0.39 is 0 Å². The van der Waals surface area contributed by atoms with Crippen LogP contribution in [0.25, 0.3) is 0 Å². The quantitative estimate of drug-likeness (QED) is 0.846. The maximum atomic E-state index is 12.3. The number of carbonyl (C=O) groups excluding carboxylic acids is 1. The summed E-state index contributed by atoms with van der Waals surface area (Å²) < 4.78 is 0. The van der Waals surface area contributed by atoms with E-state index in [0.717, 1.165) is 29.4 Å². The largest absolute Gasteiger partial charge is 0.326 e. The van der Waals surface area contributed by atoms with Crippen molar-refractivity contribution in [3.8, 4) is 0 Å². The molecule has 0 aliphatic heterocycles. The SMILES string of the molecule is Cc1ccc(NC(=O)C2[C@@H]3[C@H]4CC[C@@H](C4)[C@H]23)cc1. The highest BCUT2D eigenvalue weighted by atomic mass is 16.2. The molecule has 1 aromatic carbocycles. The van der Waals surface area contributed by atoms with E-state index >= 15 is 0 Å². The van der Waals surface area contributed by atoms with Gasteiger partial charge in [0.2, 0.25) is 5.91 Å². The first-order chi connectivity index (χ1) is 8.74. The second kappa shape index (κ2) is 3.59. The maximum absolute atomic E-state index is 12.3. The average molecular weight is 241 g/mol. The van der Waals surface area contributed by atoms with E-state index in [2.05, 4.69) is 12.2 Å². The Bertz CT molecular complexity index is 476. The Morgan fingerprint density at radius 1 is 1.11 bits per heavy atom. The molecule has 0 aromatic heterocycles. The molecular formula is C16H19NO. The molecule has 18 heavy (non-hydrogen) atoms. The van der Waals surface area contributed by atoms with Crippen molar-refractivity contribution in [2.24, 2.45) is 29.6 Å². The summed E-state index contributed by atoms with van der Waals surface area (Å²) >= 11 is 0. The van der Waals surface area contributed by atoms with Crippen LogP contribution in [-0.4, -0.2) is 5.91 Å². The fraction of sp³-hybridized carbons (Fsp3) is 0.562. The molecule has 94 valence electrons. The highest BCUT2D eigenvalue weighted by Gasteiger charge is 2.67. The lowest BCUT2D eigenvalue weighted by atomic mass is 10.0. The van der Waals surface area contributed by atoms with E-state index in [1.165, 1.54) is 24.8 Å². The predicted molar refractivity (Wildman–Crippen MR) is 71.1 cm³/mol. The third-order valence-corrected chi connectivity index (χ3v) is 5.36. The molecule has 1 N–H and O–H groups in total. The van der Waals surface area contributed by atoms with Crippen LogP contribution < -0.4 is 5.32 Å². The van der Waals surface area contributed by atoms with E-state index in [1.807, 2.05) is 24.3 Å². The maximum Gasteiger partial charge on any atom is 0.228 e. The number of aryl methyl sites for hydroxylation is 1. The molecule has 2 heteroatoms. The minimum atomic E-state index is 0.269. The molecule has 3 aliphatic carbocycles. The Kier molecular flexibility index (Phi) is 2.12. The van der Waals surface area contributed by atoms with Gasteiger partial charge in [-0.05, 0) is 62.0 Å². The first-order valence-corrected chi connectivity index (χ1v) is 7.11. The van der Waals surface area contributed by atoms with Gasteiger partial charge in [-0.1, -0.05) is 17.7 Å². The van der Waals surface area contributed by atoms with Crippen molar-refractivity contribution in [3.63, 3.8) is 0 Å². The predicted octanol–water partition coefficient (Wildman–Crippen LogP) is 3.23. The molecule has 0 radical (unpaired) electrons. The summed E-state index contributed by atoms with van der Waals surface area (Å²) in [6.45, 7) is 2.06. The van der Waals surface area contributed by atoms with Crippen LogP contribution in [0.15, 0.2) is 24.3 Å². The molecule has 2 bridgehead atoms. The normalized spacial score (nSPS) is 39.5. The highest BCUT2D eigenvalue weighted by Crippen LogP contribution is 2.69. The van der Waals surface area contributed by atoms with Crippen LogP contribution >= 0.6 is 0 Å². The zero-order valence-electron chi connectivity index (χ0n) is 10.7. The third-order valence-electron chi connectivity index (χ3n) is 5.36. The van der Waals surface area contributed by atoms with Crippen LogP contribution in [0.4, 0.5) is 5.69 Å². The number of hydrogen-bond acceptors (Lipinski definition) is 1. The minimum Gasteiger partial charge on any atom is -0.326 e. The molecule has 2 nitrogen and oxygen atoms in total. The number of anilines is 1. The molecule has 3 fully saturated rings. The number of carbonyl (C=O) groups is 1. The fourth-order valence-electron chi connectivity index (χ4n) is 4.54. The van der Waals surface area contributed by atoms with Crippen molar-refractivity contribution in [1.82, 2.24) is 0 Å². The Morgan fingerprint density at radius 2 is 1.72 bits per heavy atom. The number of amides is 1. The zero-order chi connectivity index (χ0) is 12.3. The lowest BCUT2D eigenvalue weighted by molar-refractivity contribution is -0.118. The van der Waals surface area contributed by atoms with Crippen LogP contribution in [0.1, 0.15) is 24.8 Å². The van der Waals surface area contributed by atoms with Gasteiger partial charge >= 0.3 is 0 Å². The van der Waals surface area contributed by atoms with Gasteiger partial charge in [-0.2, -0.15) is 0 Å². The van der Waals surface area contributed by atoms with Crippen LogP contribution in [-0.2, 0) is 4.79 Å². The molecule has 1 amide bonds. The molecule has 0 saturated heterocycles. The van der Waals surface area contributed by atoms with Crippen LogP contribution in [0.5, 0.6) is 0 Å². The van der Waals surface area contributed by atoms with Gasteiger partial charge in [0, 0.05) is 11.6 Å². The molecule has 1 aromatic rings. The summed E-state index contributed by atoms with van der Waals surface area (Å²) in [7, 11) is 0. The summed E-state index contributed by atoms with van der Waals surface area (Å²) in [5, 5.41) is 3.09. The molecule has 3 aliphatic rings. The molecule has 0 heterocycles. The van der Waals surface area contributed by atoms with Crippen molar-refractivity contribution in [3.05, 3.63) is 29.8 Å². The minimum absolute atomic E-state index is 0.269. The van der Waals surface area contributed by atoms with Gasteiger partial charge in [0.1, 0.15) is 0 Å². The first-order valence-electron chi connectivity index (χ1n) is 7.11. The van der Waals surface area contributed by atoms with Crippen molar-refractivity contribution < 1.29 is 4.79 Å². The summed E-state index contributed by atoms with van der Waals surface area (Å²) in [5.74, 6) is 3.80. The number of rotatable bonds is 2. The lowest BCUT2D eigenvalue weighted by Crippen LogP contribution is -2.18. The Labute approximate surface area is 108 Å². The van der Waals surface area contributed by atoms with Crippen molar-refractivity contribution >= 4 is 11.6 Å². The van der Waals surface area contributed by atoms with E-state index in [1.54, 1.807) is 0 Å². The second-order valence-electron chi connectivity index (χ2n) is 6.37. The Balaban J connectivity index is 1.45. The van der Waals surface area contributed by atoms with Crippen LogP contribution in [0.3, 0.4) is 0 Å². The fourth-order valence-corrected chi connectivity index (χ4v) is 4.54. The molecule has 0 spiro atoms. The molecule has 5 atom stereocenters. The average Bonchev–Trinajstić information content (AvgIpc) is 2.82. The monoisotopic (exact) mass is 241 g/mol.